The van der Waals surface area contributed by atoms with E-state index in [1.807, 2.05) is 6.92 Å². The lowest BCUT2D eigenvalue weighted by Crippen LogP contribution is -2.57. The van der Waals surface area contributed by atoms with Crippen LogP contribution in [0.3, 0.4) is 0 Å². The number of halogens is 1. The van der Waals surface area contributed by atoms with Gasteiger partial charge < -0.3 is 10.2 Å². The first-order valence-electron chi connectivity index (χ1n) is 5.40. The van der Waals surface area contributed by atoms with E-state index in [4.69, 9.17) is 11.6 Å². The van der Waals surface area contributed by atoms with Gasteiger partial charge in [-0.05, 0) is 6.92 Å². The van der Waals surface area contributed by atoms with Crippen LogP contribution in [0, 0.1) is 10.1 Å². The van der Waals surface area contributed by atoms with Gasteiger partial charge in [0.15, 0.2) is 0 Å². The van der Waals surface area contributed by atoms with Crippen molar-refractivity contribution in [1.29, 1.82) is 0 Å². The predicted molar refractivity (Wildman–Crippen MR) is 65.6 cm³/mol. The Balaban J connectivity index is 2.27. The number of anilines is 1. The summed E-state index contributed by atoms with van der Waals surface area (Å²) in [4.78, 5) is 16.2. The summed E-state index contributed by atoms with van der Waals surface area (Å²) < 4.78 is 0. The van der Waals surface area contributed by atoms with Crippen molar-refractivity contribution in [2.75, 3.05) is 24.5 Å². The molecule has 2 rings (SSSR count). The zero-order valence-corrected chi connectivity index (χ0v) is 10.1. The maximum absolute atomic E-state index is 10.6. The average Bonchev–Trinajstić information content (AvgIpc) is 2.23. The van der Waals surface area contributed by atoms with Gasteiger partial charge in [0.2, 0.25) is 0 Å². The maximum Gasteiger partial charge on any atom is 0.289 e. The molecule has 0 spiro atoms. The van der Waals surface area contributed by atoms with Crippen molar-refractivity contribution in [3.8, 4) is 0 Å². The van der Waals surface area contributed by atoms with Crippen LogP contribution in [0.25, 0.3) is 0 Å². The molecule has 2 heterocycles. The molecular formula is C10H13ClN4O2. The zero-order valence-electron chi connectivity index (χ0n) is 9.39. The van der Waals surface area contributed by atoms with E-state index in [1.54, 1.807) is 0 Å². The average molecular weight is 257 g/mol. The summed E-state index contributed by atoms with van der Waals surface area (Å²) in [5, 5.41) is 14.1. The fraction of sp³-hybridized carbons (Fsp3) is 0.500. The lowest BCUT2D eigenvalue weighted by atomic mass is 10.1. The molecule has 1 saturated heterocycles. The second kappa shape index (κ2) is 4.85. The minimum Gasteiger partial charge on any atom is -0.350 e. The van der Waals surface area contributed by atoms with Crippen molar-refractivity contribution in [3.63, 3.8) is 0 Å². The Morgan fingerprint density at radius 3 is 2.82 bits per heavy atom. The molecule has 7 heteroatoms. The van der Waals surface area contributed by atoms with E-state index in [1.165, 1.54) is 12.3 Å². The van der Waals surface area contributed by atoms with Crippen LogP contribution < -0.4 is 10.2 Å². The first-order valence-corrected chi connectivity index (χ1v) is 5.78. The van der Waals surface area contributed by atoms with Crippen LogP contribution in [0.2, 0.25) is 5.02 Å². The highest BCUT2D eigenvalue weighted by Crippen LogP contribution is 2.28. The van der Waals surface area contributed by atoms with E-state index in [2.05, 4.69) is 15.2 Å². The highest BCUT2D eigenvalue weighted by Gasteiger charge is 2.26. The van der Waals surface area contributed by atoms with Gasteiger partial charge in [0.1, 0.15) is 12.0 Å². The highest BCUT2D eigenvalue weighted by molar-refractivity contribution is 6.33. The van der Waals surface area contributed by atoms with Gasteiger partial charge in [-0.2, -0.15) is 0 Å². The molecule has 0 amide bonds. The Morgan fingerprint density at radius 2 is 2.41 bits per heavy atom. The standard InChI is InChI=1S/C10H13ClN4O2/c1-2-14(8-4-12-5-8)10-9(11)3-7(6-13-10)15(16)17/h3,6,8,12H,2,4-5H2,1H3. The number of nitrogens with one attached hydrogen (secondary N) is 1. The molecule has 0 atom stereocenters. The second-order valence-corrected chi connectivity index (χ2v) is 4.26. The molecule has 1 aromatic rings. The second-order valence-electron chi connectivity index (χ2n) is 3.85. The number of pyridine rings is 1. The van der Waals surface area contributed by atoms with Gasteiger partial charge in [-0.25, -0.2) is 4.98 Å². The van der Waals surface area contributed by atoms with E-state index in [-0.39, 0.29) is 5.69 Å². The van der Waals surface area contributed by atoms with Crippen molar-refractivity contribution in [3.05, 3.63) is 27.4 Å². The lowest BCUT2D eigenvalue weighted by Gasteiger charge is -2.38. The van der Waals surface area contributed by atoms with Crippen molar-refractivity contribution >= 4 is 23.1 Å². The first kappa shape index (κ1) is 12.1. The fourth-order valence-corrected chi connectivity index (χ4v) is 2.08. The maximum atomic E-state index is 10.6. The Kier molecular flexibility index (Phi) is 3.44. The Labute approximate surface area is 104 Å². The number of hydrogen-bond donors (Lipinski definition) is 1. The fourth-order valence-electron chi connectivity index (χ4n) is 1.81. The topological polar surface area (TPSA) is 71.3 Å². The Morgan fingerprint density at radius 1 is 1.71 bits per heavy atom. The monoisotopic (exact) mass is 256 g/mol. The highest BCUT2D eigenvalue weighted by atomic mass is 35.5. The Hall–Kier alpha value is -1.40. The lowest BCUT2D eigenvalue weighted by molar-refractivity contribution is -0.385. The third-order valence-electron chi connectivity index (χ3n) is 2.83. The first-order chi connectivity index (χ1) is 8.13. The summed E-state index contributed by atoms with van der Waals surface area (Å²) in [5.41, 5.74) is -0.0819. The van der Waals surface area contributed by atoms with Crippen LogP contribution in [0.1, 0.15) is 6.92 Å². The van der Waals surface area contributed by atoms with E-state index in [0.717, 1.165) is 19.6 Å². The number of nitro groups is 1. The number of likely N-dealkylation sites (N-methyl/N-ethyl adjacent to an activating group) is 1. The summed E-state index contributed by atoms with van der Waals surface area (Å²) in [6.07, 6.45) is 1.25. The smallest absolute Gasteiger partial charge is 0.289 e. The van der Waals surface area contributed by atoms with Crippen LogP contribution >= 0.6 is 11.6 Å². The molecular weight excluding hydrogens is 244 g/mol. The summed E-state index contributed by atoms with van der Waals surface area (Å²) in [7, 11) is 0. The number of nitrogens with zero attached hydrogens (tertiary/aromatic N) is 3. The van der Waals surface area contributed by atoms with Crippen molar-refractivity contribution in [2.24, 2.45) is 0 Å². The number of aromatic nitrogens is 1. The van der Waals surface area contributed by atoms with E-state index >= 15 is 0 Å². The van der Waals surface area contributed by atoms with Gasteiger partial charge in [0.05, 0.1) is 16.0 Å². The third-order valence-corrected chi connectivity index (χ3v) is 3.11. The quantitative estimate of drug-likeness (QED) is 0.652. The summed E-state index contributed by atoms with van der Waals surface area (Å²) in [6, 6.07) is 1.71. The molecule has 17 heavy (non-hydrogen) atoms. The number of hydrogen-bond acceptors (Lipinski definition) is 5. The van der Waals surface area contributed by atoms with E-state index < -0.39 is 4.92 Å². The van der Waals surface area contributed by atoms with E-state index in [0.29, 0.717) is 16.9 Å². The molecule has 0 aliphatic carbocycles. The molecule has 0 unspecified atom stereocenters. The molecule has 1 aliphatic heterocycles. The third kappa shape index (κ3) is 2.32. The summed E-state index contributed by atoms with van der Waals surface area (Å²) >= 11 is 6.04. The molecule has 0 aromatic carbocycles. The van der Waals surface area contributed by atoms with Crippen molar-refractivity contribution in [2.45, 2.75) is 13.0 Å². The molecule has 92 valence electrons. The number of rotatable bonds is 4. The minimum atomic E-state index is -0.496. The molecule has 6 nitrogen and oxygen atoms in total. The Bertz CT molecular complexity index is 436. The zero-order chi connectivity index (χ0) is 12.4. The largest absolute Gasteiger partial charge is 0.350 e. The molecule has 0 radical (unpaired) electrons. The minimum absolute atomic E-state index is 0.0819. The van der Waals surface area contributed by atoms with Gasteiger partial charge in [0, 0.05) is 25.7 Å². The molecule has 0 saturated carbocycles. The van der Waals surface area contributed by atoms with Crippen LogP contribution in [-0.4, -0.2) is 35.6 Å². The normalized spacial score (nSPS) is 15.4. The summed E-state index contributed by atoms with van der Waals surface area (Å²) in [5.74, 6) is 0.617. The molecule has 1 aromatic heterocycles. The van der Waals surface area contributed by atoms with Gasteiger partial charge in [0.25, 0.3) is 5.69 Å². The van der Waals surface area contributed by atoms with Gasteiger partial charge >= 0.3 is 0 Å². The van der Waals surface area contributed by atoms with Crippen LogP contribution in [0.15, 0.2) is 12.3 Å². The SMILES string of the molecule is CCN(c1ncc([N+](=O)[O-])cc1Cl)C1CNC1. The van der Waals surface area contributed by atoms with Gasteiger partial charge in [-0.1, -0.05) is 11.6 Å². The molecule has 0 bridgehead atoms. The van der Waals surface area contributed by atoms with Crippen molar-refractivity contribution in [1.82, 2.24) is 10.3 Å². The molecule has 1 aliphatic rings. The van der Waals surface area contributed by atoms with E-state index in [9.17, 15) is 10.1 Å². The van der Waals surface area contributed by atoms with Gasteiger partial charge in [-0.3, -0.25) is 10.1 Å². The predicted octanol–water partition coefficient (Wildman–Crippen LogP) is 1.44. The van der Waals surface area contributed by atoms with Crippen LogP contribution in [0.4, 0.5) is 11.5 Å². The molecule has 1 fully saturated rings. The van der Waals surface area contributed by atoms with Gasteiger partial charge in [-0.15, -0.1) is 0 Å². The van der Waals surface area contributed by atoms with Crippen molar-refractivity contribution < 1.29 is 4.92 Å². The van der Waals surface area contributed by atoms with Crippen LogP contribution in [0.5, 0.6) is 0 Å². The molecule has 1 N–H and O–H groups in total. The van der Waals surface area contributed by atoms with Crippen LogP contribution in [-0.2, 0) is 0 Å². The summed E-state index contributed by atoms with van der Waals surface area (Å²) in [6.45, 7) is 4.57.